The van der Waals surface area contributed by atoms with Gasteiger partial charge in [-0.05, 0) is 19.4 Å². The molecule has 0 radical (unpaired) electrons. The average molecular weight is 418 g/mol. The van der Waals surface area contributed by atoms with Gasteiger partial charge in [-0.3, -0.25) is 0 Å². The minimum Gasteiger partial charge on any atom is -0.378 e. The highest BCUT2D eigenvalue weighted by Crippen LogP contribution is 2.17. The van der Waals surface area contributed by atoms with Crippen LogP contribution in [0.15, 0.2) is 42.0 Å². The van der Waals surface area contributed by atoms with Crippen molar-refractivity contribution < 1.29 is 14.2 Å². The summed E-state index contributed by atoms with van der Waals surface area (Å²) in [6.07, 6.45) is 2.26. The van der Waals surface area contributed by atoms with Crippen molar-refractivity contribution in [3.8, 4) is 0 Å². The van der Waals surface area contributed by atoms with Gasteiger partial charge >= 0.3 is 0 Å². The van der Waals surface area contributed by atoms with Crippen molar-refractivity contribution in [2.24, 2.45) is 5.92 Å². The molecule has 0 aliphatic heterocycles. The zero-order chi connectivity index (χ0) is 16.4. The maximum atomic E-state index is 5.77. The summed E-state index contributed by atoms with van der Waals surface area (Å²) in [5, 5.41) is 0. The van der Waals surface area contributed by atoms with Crippen molar-refractivity contribution >= 4 is 22.6 Å². The van der Waals surface area contributed by atoms with Crippen LogP contribution in [0.4, 0.5) is 0 Å². The predicted octanol–water partition coefficient (Wildman–Crippen LogP) is 4.60. The number of allylic oxidation sites excluding steroid dienone is 1. The molecule has 3 nitrogen and oxygen atoms in total. The molecule has 1 aromatic carbocycles. The fourth-order valence-electron chi connectivity index (χ4n) is 2.41. The minimum absolute atomic E-state index is 0.0194. The maximum Gasteiger partial charge on any atom is 0.147 e. The summed E-state index contributed by atoms with van der Waals surface area (Å²) in [5.74, 6) is 0.309. The Bertz CT molecular complexity index is 433. The molecule has 0 saturated heterocycles. The molecule has 0 aliphatic carbocycles. The van der Waals surface area contributed by atoms with E-state index < -0.39 is 0 Å². The normalized spacial score (nSPS) is 16.3. The van der Waals surface area contributed by atoms with Gasteiger partial charge in [0.05, 0.1) is 18.8 Å². The van der Waals surface area contributed by atoms with Gasteiger partial charge < -0.3 is 14.2 Å². The smallest absolute Gasteiger partial charge is 0.147 e. The van der Waals surface area contributed by atoms with Gasteiger partial charge in [0.1, 0.15) is 6.79 Å². The van der Waals surface area contributed by atoms with Crippen molar-refractivity contribution in [1.82, 2.24) is 0 Å². The molecule has 0 fully saturated rings. The number of alkyl halides is 1. The number of benzene rings is 1. The van der Waals surface area contributed by atoms with Crippen molar-refractivity contribution in [2.45, 2.75) is 39.6 Å². The van der Waals surface area contributed by atoms with Gasteiger partial charge in [0.15, 0.2) is 0 Å². The Hall–Kier alpha value is -0.430. The van der Waals surface area contributed by atoms with Crippen LogP contribution < -0.4 is 0 Å². The molecule has 1 rings (SSSR count). The fourth-order valence-corrected chi connectivity index (χ4v) is 2.66. The molecule has 0 heterocycles. The molecule has 1 aromatic rings. The molecule has 0 saturated carbocycles. The Morgan fingerprint density at radius 1 is 1.23 bits per heavy atom. The lowest BCUT2D eigenvalue weighted by atomic mass is 9.98. The maximum absolute atomic E-state index is 5.77. The largest absolute Gasteiger partial charge is 0.378 e. The van der Waals surface area contributed by atoms with Gasteiger partial charge in [-0.25, -0.2) is 0 Å². The Morgan fingerprint density at radius 3 is 2.50 bits per heavy atom. The van der Waals surface area contributed by atoms with E-state index in [0.717, 1.165) is 9.99 Å². The fraction of sp³-hybridized carbons (Fsp3) is 0.556. The highest BCUT2D eigenvalue weighted by molar-refractivity contribution is 14.1. The van der Waals surface area contributed by atoms with Crippen molar-refractivity contribution in [3.63, 3.8) is 0 Å². The molecular formula is C18H27IO3. The van der Waals surface area contributed by atoms with Crippen LogP contribution in [0, 0.1) is 5.92 Å². The van der Waals surface area contributed by atoms with Crippen LogP contribution in [0.5, 0.6) is 0 Å². The van der Waals surface area contributed by atoms with Crippen molar-refractivity contribution in [2.75, 3.05) is 18.3 Å². The summed E-state index contributed by atoms with van der Waals surface area (Å²) in [7, 11) is 1.74. The van der Waals surface area contributed by atoms with Crippen molar-refractivity contribution in [1.29, 1.82) is 0 Å². The first-order valence-electron chi connectivity index (χ1n) is 7.57. The standard InChI is InChI=1S/C18H27IO3/c1-14(11-19)10-15(2)18(20-4)16(3)22-13-21-12-17-8-6-5-7-9-17/h5-10,15-16,18H,11-13H2,1-4H3/b14-10+/t15-,16+,18+/m0/s1. The molecule has 22 heavy (non-hydrogen) atoms. The van der Waals surface area contributed by atoms with Crippen molar-refractivity contribution in [3.05, 3.63) is 47.5 Å². The lowest BCUT2D eigenvalue weighted by molar-refractivity contribution is -0.135. The highest BCUT2D eigenvalue weighted by Gasteiger charge is 2.22. The van der Waals surface area contributed by atoms with Crippen LogP contribution >= 0.6 is 22.6 Å². The van der Waals surface area contributed by atoms with Gasteiger partial charge in [0.2, 0.25) is 0 Å². The summed E-state index contributed by atoms with van der Waals surface area (Å²) in [4.78, 5) is 0. The topological polar surface area (TPSA) is 27.7 Å². The third-order valence-electron chi connectivity index (χ3n) is 3.54. The molecule has 0 bridgehead atoms. The number of ether oxygens (including phenoxy) is 3. The summed E-state index contributed by atoms with van der Waals surface area (Å²) in [5.41, 5.74) is 2.51. The molecule has 4 heteroatoms. The van der Waals surface area contributed by atoms with Gasteiger partial charge in [-0.15, -0.1) is 0 Å². The Balaban J connectivity index is 2.37. The summed E-state index contributed by atoms with van der Waals surface area (Å²) in [6, 6.07) is 10.1. The third-order valence-corrected chi connectivity index (χ3v) is 4.74. The van der Waals surface area contributed by atoms with E-state index in [9.17, 15) is 0 Å². The first-order chi connectivity index (χ1) is 10.6. The van der Waals surface area contributed by atoms with Gasteiger partial charge in [0, 0.05) is 17.5 Å². The van der Waals surface area contributed by atoms with Crippen LogP contribution in [0.1, 0.15) is 26.3 Å². The molecule has 3 atom stereocenters. The van der Waals surface area contributed by atoms with Crippen LogP contribution in [0.25, 0.3) is 0 Å². The van der Waals surface area contributed by atoms with E-state index in [1.165, 1.54) is 5.57 Å². The van der Waals surface area contributed by atoms with Crippen LogP contribution in [0.2, 0.25) is 0 Å². The Labute approximate surface area is 148 Å². The number of halogens is 1. The molecule has 0 spiro atoms. The van der Waals surface area contributed by atoms with Gasteiger partial charge in [-0.1, -0.05) is 71.5 Å². The van der Waals surface area contributed by atoms with E-state index in [2.05, 4.69) is 42.5 Å². The molecule has 0 unspecified atom stereocenters. The number of hydrogen-bond donors (Lipinski definition) is 0. The minimum atomic E-state index is -0.0194. The lowest BCUT2D eigenvalue weighted by Gasteiger charge is -2.27. The first-order valence-corrected chi connectivity index (χ1v) is 9.10. The first kappa shape index (κ1) is 19.6. The van der Waals surface area contributed by atoms with Gasteiger partial charge in [0.25, 0.3) is 0 Å². The van der Waals surface area contributed by atoms with E-state index in [0.29, 0.717) is 12.5 Å². The van der Waals surface area contributed by atoms with E-state index in [4.69, 9.17) is 14.2 Å². The molecule has 0 amide bonds. The summed E-state index contributed by atoms with van der Waals surface area (Å²) in [6.45, 7) is 7.18. The Kier molecular flexibility index (Phi) is 9.95. The molecule has 0 aromatic heterocycles. The van der Waals surface area contributed by atoms with E-state index >= 15 is 0 Å². The average Bonchev–Trinajstić information content (AvgIpc) is 2.53. The van der Waals surface area contributed by atoms with E-state index in [1.807, 2.05) is 37.3 Å². The SMILES string of the molecule is CO[C@H]([C@@H](C)/C=C(\C)CI)[C@@H](C)OCOCc1ccccc1. The Morgan fingerprint density at radius 2 is 1.91 bits per heavy atom. The van der Waals surface area contributed by atoms with Crippen LogP contribution in [-0.4, -0.2) is 30.5 Å². The molecular weight excluding hydrogens is 391 g/mol. The van der Waals surface area contributed by atoms with E-state index in [1.54, 1.807) is 7.11 Å². The van der Waals surface area contributed by atoms with Gasteiger partial charge in [-0.2, -0.15) is 0 Å². The number of methoxy groups -OCH3 is 1. The molecule has 124 valence electrons. The zero-order valence-electron chi connectivity index (χ0n) is 13.9. The zero-order valence-corrected chi connectivity index (χ0v) is 16.1. The lowest BCUT2D eigenvalue weighted by Crippen LogP contribution is -2.34. The molecule has 0 aliphatic rings. The molecule has 0 N–H and O–H groups in total. The second-order valence-electron chi connectivity index (χ2n) is 5.53. The monoisotopic (exact) mass is 418 g/mol. The summed E-state index contributed by atoms with van der Waals surface area (Å²) < 4.78 is 18.0. The predicted molar refractivity (Wildman–Crippen MR) is 99.3 cm³/mol. The quantitative estimate of drug-likeness (QED) is 0.183. The highest BCUT2D eigenvalue weighted by atomic mass is 127. The number of rotatable bonds is 10. The van der Waals surface area contributed by atoms with Crippen LogP contribution in [0.3, 0.4) is 0 Å². The van der Waals surface area contributed by atoms with Crippen LogP contribution in [-0.2, 0) is 20.8 Å². The number of hydrogen-bond acceptors (Lipinski definition) is 3. The second-order valence-corrected chi connectivity index (χ2v) is 6.29. The third kappa shape index (κ3) is 7.22. The van der Waals surface area contributed by atoms with E-state index in [-0.39, 0.29) is 19.0 Å². The summed E-state index contributed by atoms with van der Waals surface area (Å²) >= 11 is 2.37. The second kappa shape index (κ2) is 11.2.